The molecule has 3 aromatic rings. The normalized spacial score (nSPS) is 10.8. The van der Waals surface area contributed by atoms with Crippen molar-refractivity contribution in [1.29, 1.82) is 0 Å². The molecular formula is C16H14ClN3S2. The van der Waals surface area contributed by atoms with Gasteiger partial charge in [-0.05, 0) is 23.6 Å². The van der Waals surface area contributed by atoms with E-state index < -0.39 is 0 Å². The largest absolute Gasteiger partial charge is 0.274 e. The number of hydrogen-bond donors (Lipinski definition) is 0. The lowest BCUT2D eigenvalue weighted by atomic mass is 10.3. The zero-order valence-electron chi connectivity index (χ0n) is 11.8. The summed E-state index contributed by atoms with van der Waals surface area (Å²) < 4.78 is 2.09. The molecule has 0 saturated carbocycles. The first kappa shape index (κ1) is 15.3. The fourth-order valence-electron chi connectivity index (χ4n) is 2.06. The van der Waals surface area contributed by atoms with E-state index in [4.69, 9.17) is 11.6 Å². The first-order chi connectivity index (χ1) is 10.7. The van der Waals surface area contributed by atoms with Crippen molar-refractivity contribution in [2.45, 2.75) is 11.6 Å². The summed E-state index contributed by atoms with van der Waals surface area (Å²) in [7, 11) is 0. The number of rotatable bonds is 6. The quantitative estimate of drug-likeness (QED) is 0.602. The van der Waals surface area contributed by atoms with Gasteiger partial charge in [-0.3, -0.25) is 4.57 Å². The Balaban J connectivity index is 1.97. The van der Waals surface area contributed by atoms with Crippen LogP contribution in [0.3, 0.4) is 0 Å². The average Bonchev–Trinajstić information content (AvgIpc) is 3.16. The van der Waals surface area contributed by atoms with Crippen LogP contribution in [0.1, 0.15) is 10.7 Å². The number of thioether (sulfide) groups is 1. The lowest BCUT2D eigenvalue weighted by Crippen LogP contribution is -2.03. The number of nitrogens with zero attached hydrogens (tertiary/aromatic N) is 3. The molecule has 3 nitrogen and oxygen atoms in total. The highest BCUT2D eigenvalue weighted by Gasteiger charge is 2.15. The van der Waals surface area contributed by atoms with Gasteiger partial charge in [0, 0.05) is 27.8 Å². The van der Waals surface area contributed by atoms with Crippen LogP contribution in [-0.4, -0.2) is 20.5 Å². The second-order valence-corrected chi connectivity index (χ2v) is 7.14. The zero-order valence-corrected chi connectivity index (χ0v) is 14.2. The number of aromatic nitrogens is 3. The van der Waals surface area contributed by atoms with E-state index in [9.17, 15) is 0 Å². The molecule has 0 amide bonds. The maximum atomic E-state index is 5.88. The van der Waals surface area contributed by atoms with E-state index in [1.54, 1.807) is 23.1 Å². The second-order valence-electron chi connectivity index (χ2n) is 4.63. The van der Waals surface area contributed by atoms with E-state index in [0.717, 1.165) is 23.1 Å². The van der Waals surface area contributed by atoms with E-state index in [-0.39, 0.29) is 0 Å². The molecule has 2 aromatic heterocycles. The number of hydrogen-bond acceptors (Lipinski definition) is 4. The van der Waals surface area contributed by atoms with Crippen LogP contribution in [0, 0.1) is 0 Å². The third kappa shape index (κ3) is 3.61. The fourth-order valence-corrected chi connectivity index (χ4v) is 3.65. The van der Waals surface area contributed by atoms with Crippen molar-refractivity contribution in [3.63, 3.8) is 0 Å². The van der Waals surface area contributed by atoms with Crippen LogP contribution in [-0.2, 0) is 6.42 Å². The summed E-state index contributed by atoms with van der Waals surface area (Å²) in [5, 5.41) is 12.2. The van der Waals surface area contributed by atoms with Crippen LogP contribution >= 0.6 is 34.7 Å². The van der Waals surface area contributed by atoms with Crippen molar-refractivity contribution in [2.24, 2.45) is 0 Å². The Labute approximate surface area is 142 Å². The molecule has 0 aliphatic carbocycles. The van der Waals surface area contributed by atoms with Crippen LogP contribution in [0.15, 0.2) is 64.6 Å². The predicted molar refractivity (Wildman–Crippen MR) is 94.2 cm³/mol. The molecule has 0 aliphatic rings. The first-order valence-electron chi connectivity index (χ1n) is 6.72. The monoisotopic (exact) mass is 347 g/mol. The van der Waals surface area contributed by atoms with E-state index >= 15 is 0 Å². The molecule has 0 atom stereocenters. The second kappa shape index (κ2) is 7.13. The third-order valence-electron chi connectivity index (χ3n) is 2.99. The van der Waals surface area contributed by atoms with E-state index in [1.165, 1.54) is 4.88 Å². The molecule has 22 heavy (non-hydrogen) atoms. The van der Waals surface area contributed by atoms with Crippen molar-refractivity contribution < 1.29 is 0 Å². The summed E-state index contributed by atoms with van der Waals surface area (Å²) >= 11 is 9.15. The Morgan fingerprint density at radius 1 is 1.18 bits per heavy atom. The number of benzene rings is 1. The molecule has 0 aliphatic heterocycles. The summed E-state index contributed by atoms with van der Waals surface area (Å²) in [4.78, 5) is 1.27. The number of thiophene rings is 1. The summed E-state index contributed by atoms with van der Waals surface area (Å²) in [5.74, 6) is 1.54. The standard InChI is InChI=1S/C16H14ClN3S2/c1-12(17)11-22-16-19-18-15(10-14-8-5-9-21-14)20(16)13-6-3-2-4-7-13/h2-9H,1,10-11H2. The summed E-state index contributed by atoms with van der Waals surface area (Å²) in [6.07, 6.45) is 0.766. The Morgan fingerprint density at radius 2 is 2.00 bits per heavy atom. The SMILES string of the molecule is C=C(Cl)CSc1nnc(Cc2cccs2)n1-c1ccccc1. The maximum Gasteiger partial charge on any atom is 0.196 e. The van der Waals surface area contributed by atoms with Crippen LogP contribution in [0.25, 0.3) is 5.69 Å². The first-order valence-corrected chi connectivity index (χ1v) is 8.96. The predicted octanol–water partition coefficient (Wildman–Crippen LogP) is 4.76. The van der Waals surface area contributed by atoms with Crippen LogP contribution in [0.5, 0.6) is 0 Å². The Kier molecular flexibility index (Phi) is 4.97. The van der Waals surface area contributed by atoms with Crippen LogP contribution < -0.4 is 0 Å². The van der Waals surface area contributed by atoms with Crippen molar-refractivity contribution >= 4 is 34.7 Å². The molecular weight excluding hydrogens is 334 g/mol. The molecule has 3 rings (SSSR count). The highest BCUT2D eigenvalue weighted by molar-refractivity contribution is 7.99. The van der Waals surface area contributed by atoms with Crippen molar-refractivity contribution in [3.05, 3.63) is 70.2 Å². The van der Waals surface area contributed by atoms with Gasteiger partial charge in [-0.25, -0.2) is 0 Å². The number of halogens is 1. The highest BCUT2D eigenvalue weighted by atomic mass is 35.5. The van der Waals surface area contributed by atoms with Crippen molar-refractivity contribution in [3.8, 4) is 5.69 Å². The molecule has 0 saturated heterocycles. The van der Waals surface area contributed by atoms with E-state index in [1.807, 2.05) is 18.2 Å². The smallest absolute Gasteiger partial charge is 0.196 e. The Bertz CT molecular complexity index is 751. The lowest BCUT2D eigenvalue weighted by molar-refractivity contribution is 0.852. The van der Waals surface area contributed by atoms with Crippen LogP contribution in [0.4, 0.5) is 0 Å². The lowest BCUT2D eigenvalue weighted by Gasteiger charge is -2.09. The van der Waals surface area contributed by atoms with Crippen LogP contribution in [0.2, 0.25) is 0 Å². The van der Waals surface area contributed by atoms with Gasteiger partial charge in [0.1, 0.15) is 5.82 Å². The van der Waals surface area contributed by atoms with Gasteiger partial charge in [0.15, 0.2) is 5.16 Å². The van der Waals surface area contributed by atoms with Gasteiger partial charge in [-0.2, -0.15) is 0 Å². The Hall–Kier alpha value is -1.56. The molecule has 0 radical (unpaired) electrons. The molecule has 0 N–H and O–H groups in total. The van der Waals surface area contributed by atoms with Gasteiger partial charge in [0.25, 0.3) is 0 Å². The summed E-state index contributed by atoms with van der Waals surface area (Å²) in [6, 6.07) is 14.3. The van der Waals surface area contributed by atoms with Gasteiger partial charge in [0.05, 0.1) is 0 Å². The van der Waals surface area contributed by atoms with E-state index in [0.29, 0.717) is 10.8 Å². The highest BCUT2D eigenvalue weighted by Crippen LogP contribution is 2.26. The molecule has 0 spiro atoms. The molecule has 1 aromatic carbocycles. The van der Waals surface area contributed by atoms with E-state index in [2.05, 4.69) is 51.0 Å². The third-order valence-corrected chi connectivity index (χ3v) is 5.17. The minimum Gasteiger partial charge on any atom is -0.274 e. The van der Waals surface area contributed by atoms with Gasteiger partial charge in [-0.15, -0.1) is 21.5 Å². The number of para-hydroxylation sites is 1. The van der Waals surface area contributed by atoms with Gasteiger partial charge in [-0.1, -0.05) is 54.2 Å². The van der Waals surface area contributed by atoms with Gasteiger partial charge in [0.2, 0.25) is 0 Å². The van der Waals surface area contributed by atoms with Gasteiger partial charge >= 0.3 is 0 Å². The zero-order chi connectivity index (χ0) is 15.4. The average molecular weight is 348 g/mol. The molecule has 112 valence electrons. The molecule has 2 heterocycles. The molecule has 0 unspecified atom stereocenters. The molecule has 0 bridgehead atoms. The maximum absolute atomic E-state index is 5.88. The molecule has 6 heteroatoms. The van der Waals surface area contributed by atoms with Crippen molar-refractivity contribution in [2.75, 3.05) is 5.75 Å². The molecule has 0 fully saturated rings. The van der Waals surface area contributed by atoms with Gasteiger partial charge < -0.3 is 0 Å². The topological polar surface area (TPSA) is 30.7 Å². The fraction of sp³-hybridized carbons (Fsp3) is 0.125. The summed E-state index contributed by atoms with van der Waals surface area (Å²) in [5.41, 5.74) is 1.06. The minimum absolute atomic E-state index is 0.604. The van der Waals surface area contributed by atoms with Crippen molar-refractivity contribution in [1.82, 2.24) is 14.8 Å². The Morgan fingerprint density at radius 3 is 2.68 bits per heavy atom. The minimum atomic E-state index is 0.604. The summed E-state index contributed by atoms with van der Waals surface area (Å²) in [6.45, 7) is 3.73.